The third-order valence-electron chi connectivity index (χ3n) is 2.10. The largest absolute Gasteiger partial charge is 0.302 e. The Hall–Kier alpha value is 0.540. The van der Waals surface area contributed by atoms with E-state index < -0.39 is 0 Å². The topological polar surface area (TPSA) is 3.24 Å². The van der Waals surface area contributed by atoms with E-state index in [1.54, 1.807) is 0 Å². The van der Waals surface area contributed by atoms with Gasteiger partial charge in [-0.25, -0.2) is 0 Å². The minimum absolute atomic E-state index is 0. The Labute approximate surface area is 74.1 Å². The molecule has 1 fully saturated rings. The Morgan fingerprint density at radius 1 is 1.50 bits per heavy atom. The Bertz CT molecular complexity index is 87.7. The number of likely N-dealkylation sites (tertiary alicyclic amines) is 1. The lowest BCUT2D eigenvalue weighted by molar-refractivity contribution is 0.203. The number of rotatable bonds is 1. The van der Waals surface area contributed by atoms with E-state index >= 15 is 0 Å². The van der Waals surface area contributed by atoms with Crippen LogP contribution in [0.4, 0.5) is 0 Å². The molecule has 1 rings (SSSR count). The van der Waals surface area contributed by atoms with Gasteiger partial charge in [-0.15, -0.1) is 24.0 Å². The van der Waals surface area contributed by atoms with Crippen molar-refractivity contribution >= 4 is 24.0 Å². The maximum Gasteiger partial charge on any atom is 0.0379 e. The molecule has 0 aliphatic carbocycles. The number of nitrogens with zero attached hydrogens (tertiary/aromatic N) is 1. The number of piperidine rings is 1. The molecule has 10 heavy (non-hydrogen) atoms. The van der Waals surface area contributed by atoms with Crippen molar-refractivity contribution in [3.05, 3.63) is 0 Å². The summed E-state index contributed by atoms with van der Waals surface area (Å²) in [4.78, 5) is 2.36. The molecule has 0 aromatic rings. The van der Waals surface area contributed by atoms with E-state index in [2.05, 4.69) is 11.9 Å². The normalized spacial score (nSPS) is 27.6. The first-order chi connectivity index (χ1) is 4.34. The first-order valence-corrected chi connectivity index (χ1v) is 4.14. The molecule has 0 spiro atoms. The van der Waals surface area contributed by atoms with Gasteiger partial charge in [-0.3, -0.25) is 0 Å². The van der Waals surface area contributed by atoms with E-state index in [0.29, 0.717) is 6.04 Å². The summed E-state index contributed by atoms with van der Waals surface area (Å²) in [6.07, 6.45) is 4.01. The molecule has 0 saturated carbocycles. The number of alkyl halides is 1. The summed E-state index contributed by atoms with van der Waals surface area (Å²) < 4.78 is 0. The van der Waals surface area contributed by atoms with E-state index in [4.69, 9.17) is 11.6 Å². The minimum atomic E-state index is 0. The van der Waals surface area contributed by atoms with Crippen LogP contribution >= 0.6 is 24.0 Å². The van der Waals surface area contributed by atoms with E-state index in [1.165, 1.54) is 25.8 Å². The molecule has 1 unspecified atom stereocenters. The van der Waals surface area contributed by atoms with Gasteiger partial charge in [-0.1, -0.05) is 6.42 Å². The first kappa shape index (κ1) is 10.5. The van der Waals surface area contributed by atoms with Crippen LogP contribution in [0.1, 0.15) is 19.3 Å². The summed E-state index contributed by atoms with van der Waals surface area (Å²) in [6.45, 7) is 1.23. The zero-order valence-corrected chi connectivity index (χ0v) is 7.92. The van der Waals surface area contributed by atoms with Gasteiger partial charge < -0.3 is 4.90 Å². The zero-order chi connectivity index (χ0) is 6.69. The van der Waals surface area contributed by atoms with E-state index in [0.717, 1.165) is 5.88 Å². The van der Waals surface area contributed by atoms with Crippen LogP contribution in [-0.2, 0) is 0 Å². The third-order valence-corrected chi connectivity index (χ3v) is 2.46. The fourth-order valence-corrected chi connectivity index (χ4v) is 1.73. The van der Waals surface area contributed by atoms with Gasteiger partial charge in [-0.05, 0) is 26.4 Å². The Balaban J connectivity index is 0.000000810. The van der Waals surface area contributed by atoms with Crippen molar-refractivity contribution in [1.29, 1.82) is 0 Å². The van der Waals surface area contributed by atoms with Crippen LogP contribution in [0.2, 0.25) is 0 Å². The van der Waals surface area contributed by atoms with E-state index in [-0.39, 0.29) is 12.4 Å². The van der Waals surface area contributed by atoms with Crippen LogP contribution in [0.25, 0.3) is 0 Å². The van der Waals surface area contributed by atoms with E-state index in [9.17, 15) is 0 Å². The third kappa shape index (κ3) is 2.65. The van der Waals surface area contributed by atoms with Crippen molar-refractivity contribution in [3.63, 3.8) is 0 Å². The Kier molecular flexibility index (Phi) is 5.51. The highest BCUT2D eigenvalue weighted by molar-refractivity contribution is 6.18. The van der Waals surface area contributed by atoms with Gasteiger partial charge in [-0.2, -0.15) is 0 Å². The molecular weight excluding hydrogens is 169 g/mol. The number of hydrogen-bond donors (Lipinski definition) is 0. The molecule has 1 nitrogen and oxygen atoms in total. The van der Waals surface area contributed by atoms with Crippen molar-refractivity contribution in [2.75, 3.05) is 19.5 Å². The SMILES string of the molecule is CN1CCCCC1CCl.Cl. The number of halogens is 2. The van der Waals surface area contributed by atoms with Crippen LogP contribution in [0.5, 0.6) is 0 Å². The molecule has 0 aromatic heterocycles. The summed E-state index contributed by atoms with van der Waals surface area (Å²) in [7, 11) is 2.16. The van der Waals surface area contributed by atoms with Gasteiger partial charge in [0.25, 0.3) is 0 Å². The summed E-state index contributed by atoms with van der Waals surface area (Å²) in [5.41, 5.74) is 0. The predicted octanol–water partition coefficient (Wildman–Crippen LogP) is 2.13. The van der Waals surface area contributed by atoms with Crippen molar-refractivity contribution in [2.45, 2.75) is 25.3 Å². The van der Waals surface area contributed by atoms with Crippen LogP contribution in [0, 0.1) is 0 Å². The monoisotopic (exact) mass is 183 g/mol. The maximum atomic E-state index is 5.73. The highest BCUT2D eigenvalue weighted by atomic mass is 35.5. The highest BCUT2D eigenvalue weighted by Gasteiger charge is 2.16. The minimum Gasteiger partial charge on any atom is -0.302 e. The fraction of sp³-hybridized carbons (Fsp3) is 1.00. The standard InChI is InChI=1S/C7H14ClN.ClH/c1-9-5-3-2-4-7(9)6-8;/h7H,2-6H2,1H3;1H. The molecule has 1 heterocycles. The van der Waals surface area contributed by atoms with Crippen molar-refractivity contribution < 1.29 is 0 Å². The summed E-state index contributed by atoms with van der Waals surface area (Å²) in [5, 5.41) is 0. The highest BCUT2D eigenvalue weighted by Crippen LogP contribution is 2.15. The maximum absolute atomic E-state index is 5.73. The zero-order valence-electron chi connectivity index (χ0n) is 6.35. The second kappa shape index (κ2) is 5.22. The lowest BCUT2D eigenvalue weighted by Gasteiger charge is -2.30. The van der Waals surface area contributed by atoms with Gasteiger partial charge in [0.05, 0.1) is 0 Å². The van der Waals surface area contributed by atoms with Crippen LogP contribution < -0.4 is 0 Å². The molecular formula is C7H15Cl2N. The van der Waals surface area contributed by atoms with Crippen molar-refractivity contribution in [1.82, 2.24) is 4.90 Å². The van der Waals surface area contributed by atoms with Crippen LogP contribution in [-0.4, -0.2) is 30.4 Å². The van der Waals surface area contributed by atoms with Gasteiger partial charge in [0.1, 0.15) is 0 Å². The predicted molar refractivity (Wildman–Crippen MR) is 48.2 cm³/mol. The molecule has 0 bridgehead atoms. The van der Waals surface area contributed by atoms with Crippen molar-refractivity contribution in [2.24, 2.45) is 0 Å². The van der Waals surface area contributed by atoms with Crippen molar-refractivity contribution in [3.8, 4) is 0 Å². The van der Waals surface area contributed by atoms with Crippen LogP contribution in [0.15, 0.2) is 0 Å². The molecule has 0 radical (unpaired) electrons. The summed E-state index contributed by atoms with van der Waals surface area (Å²) in [6, 6.07) is 0.653. The second-order valence-electron chi connectivity index (χ2n) is 2.78. The lowest BCUT2D eigenvalue weighted by atomic mass is 10.1. The molecule has 1 saturated heterocycles. The summed E-state index contributed by atoms with van der Waals surface area (Å²) in [5.74, 6) is 0.802. The molecule has 3 heteroatoms. The Morgan fingerprint density at radius 3 is 2.60 bits per heavy atom. The molecule has 62 valence electrons. The van der Waals surface area contributed by atoms with Gasteiger partial charge in [0.15, 0.2) is 0 Å². The van der Waals surface area contributed by atoms with Gasteiger partial charge >= 0.3 is 0 Å². The van der Waals surface area contributed by atoms with E-state index in [1.807, 2.05) is 0 Å². The quantitative estimate of drug-likeness (QED) is 0.564. The van der Waals surface area contributed by atoms with Gasteiger partial charge in [0, 0.05) is 11.9 Å². The molecule has 0 N–H and O–H groups in total. The lowest BCUT2D eigenvalue weighted by Crippen LogP contribution is -2.37. The first-order valence-electron chi connectivity index (χ1n) is 3.61. The van der Waals surface area contributed by atoms with Crippen LogP contribution in [0.3, 0.4) is 0 Å². The fourth-order valence-electron chi connectivity index (χ4n) is 1.34. The Morgan fingerprint density at radius 2 is 2.20 bits per heavy atom. The molecule has 1 aliphatic heterocycles. The molecule has 1 atom stereocenters. The number of hydrogen-bond acceptors (Lipinski definition) is 1. The van der Waals surface area contributed by atoms with Gasteiger partial charge in [0.2, 0.25) is 0 Å². The average molecular weight is 184 g/mol. The average Bonchev–Trinajstić information content (AvgIpc) is 1.89. The molecule has 0 amide bonds. The summed E-state index contributed by atoms with van der Waals surface area (Å²) >= 11 is 5.73. The molecule has 1 aliphatic rings. The second-order valence-corrected chi connectivity index (χ2v) is 3.09. The smallest absolute Gasteiger partial charge is 0.0379 e. The molecule has 0 aromatic carbocycles.